The highest BCUT2D eigenvalue weighted by atomic mass is 16.5. The number of likely N-dealkylation sites (tertiary alicyclic amines) is 1. The molecule has 0 radical (unpaired) electrons. The molecule has 0 spiro atoms. The van der Waals surface area contributed by atoms with E-state index in [0.717, 1.165) is 49.6 Å². The molecule has 0 aliphatic carbocycles. The maximum Gasteiger partial charge on any atom is 0.125 e. The second-order valence-electron chi connectivity index (χ2n) is 8.51. The number of benzene rings is 2. The first-order valence-corrected chi connectivity index (χ1v) is 11.4. The smallest absolute Gasteiger partial charge is 0.125 e. The Morgan fingerprint density at radius 3 is 2.29 bits per heavy atom. The van der Waals surface area contributed by atoms with Gasteiger partial charge in [0, 0.05) is 19.5 Å². The third-order valence-corrected chi connectivity index (χ3v) is 5.69. The van der Waals surface area contributed by atoms with Gasteiger partial charge in [0.05, 0.1) is 18.2 Å². The van der Waals surface area contributed by atoms with Crippen LogP contribution in [-0.4, -0.2) is 56.7 Å². The Hall–Kier alpha value is -2.55. The molecule has 1 heterocycles. The van der Waals surface area contributed by atoms with E-state index in [1.54, 1.807) is 12.1 Å². The minimum Gasteiger partial charge on any atom is -0.494 e. The predicted octanol–water partition coefficient (Wildman–Crippen LogP) is 4.88. The lowest BCUT2D eigenvalue weighted by Crippen LogP contribution is -2.31. The van der Waals surface area contributed by atoms with E-state index in [1.165, 1.54) is 32.4 Å². The topological polar surface area (TPSA) is 48.7 Å². The second kappa shape index (κ2) is 12.3. The van der Waals surface area contributed by atoms with Crippen LogP contribution in [0.4, 0.5) is 0 Å². The number of rotatable bonds is 11. The van der Waals surface area contributed by atoms with Crippen LogP contribution in [0.5, 0.6) is 11.5 Å². The van der Waals surface area contributed by atoms with Crippen LogP contribution in [0.3, 0.4) is 0 Å². The van der Waals surface area contributed by atoms with E-state index in [0.29, 0.717) is 5.56 Å². The molecule has 2 aromatic carbocycles. The Balaban J connectivity index is 1.53. The fourth-order valence-electron chi connectivity index (χ4n) is 3.88. The zero-order valence-electron chi connectivity index (χ0n) is 18.9. The van der Waals surface area contributed by atoms with Gasteiger partial charge in [-0.3, -0.25) is 0 Å². The molecule has 2 aromatic rings. The lowest BCUT2D eigenvalue weighted by Gasteiger charge is -2.26. The molecule has 0 bridgehead atoms. The van der Waals surface area contributed by atoms with Gasteiger partial charge in [0.15, 0.2) is 0 Å². The first-order valence-electron chi connectivity index (χ1n) is 11.4. The van der Waals surface area contributed by atoms with E-state index < -0.39 is 0 Å². The van der Waals surface area contributed by atoms with Gasteiger partial charge in [0.25, 0.3) is 0 Å². The molecule has 3 rings (SSSR count). The monoisotopic (exact) mass is 421 g/mol. The highest BCUT2D eigenvalue weighted by Crippen LogP contribution is 2.27. The number of nitriles is 1. The first-order chi connectivity index (χ1) is 15.1. The van der Waals surface area contributed by atoms with Crippen LogP contribution in [0.15, 0.2) is 48.5 Å². The van der Waals surface area contributed by atoms with Gasteiger partial charge < -0.3 is 19.3 Å². The molecule has 1 aliphatic heterocycles. The molecule has 31 heavy (non-hydrogen) atoms. The number of nitrogens with zero attached hydrogens (tertiary/aromatic N) is 3. The normalized spacial score (nSPS) is 15.4. The third-order valence-electron chi connectivity index (χ3n) is 5.69. The van der Waals surface area contributed by atoms with Crippen molar-refractivity contribution >= 4 is 0 Å². The zero-order valence-corrected chi connectivity index (χ0v) is 18.9. The highest BCUT2D eigenvalue weighted by Gasteiger charge is 2.15. The van der Waals surface area contributed by atoms with E-state index in [-0.39, 0.29) is 6.10 Å². The van der Waals surface area contributed by atoms with Crippen LogP contribution in [0, 0.1) is 11.3 Å². The Kier molecular flexibility index (Phi) is 9.20. The molecule has 1 unspecified atom stereocenters. The predicted molar refractivity (Wildman–Crippen MR) is 125 cm³/mol. The molecule has 1 aliphatic rings. The average molecular weight is 422 g/mol. The molecule has 0 amide bonds. The van der Waals surface area contributed by atoms with Gasteiger partial charge in [-0.05, 0) is 88.4 Å². The van der Waals surface area contributed by atoms with Gasteiger partial charge in [0.2, 0.25) is 0 Å². The van der Waals surface area contributed by atoms with Crippen molar-refractivity contribution < 1.29 is 9.47 Å². The van der Waals surface area contributed by atoms with Crippen molar-refractivity contribution in [1.82, 2.24) is 9.80 Å². The summed E-state index contributed by atoms with van der Waals surface area (Å²) in [5.74, 6) is 1.69. The van der Waals surface area contributed by atoms with Crippen molar-refractivity contribution in [3.05, 3.63) is 59.7 Å². The summed E-state index contributed by atoms with van der Waals surface area (Å²) >= 11 is 0. The lowest BCUT2D eigenvalue weighted by atomic mass is 10.1. The van der Waals surface area contributed by atoms with E-state index in [2.05, 4.69) is 42.1 Å². The van der Waals surface area contributed by atoms with Crippen LogP contribution >= 0.6 is 0 Å². The first kappa shape index (κ1) is 23.1. The summed E-state index contributed by atoms with van der Waals surface area (Å²) in [6.45, 7) is 5.28. The fraction of sp³-hybridized carbons (Fsp3) is 0.500. The highest BCUT2D eigenvalue weighted by molar-refractivity contribution is 5.35. The van der Waals surface area contributed by atoms with E-state index in [9.17, 15) is 0 Å². The molecule has 166 valence electrons. The largest absolute Gasteiger partial charge is 0.494 e. The number of hydrogen-bond donors (Lipinski definition) is 0. The van der Waals surface area contributed by atoms with Crippen molar-refractivity contribution in [2.75, 3.05) is 46.9 Å². The Morgan fingerprint density at radius 1 is 0.968 bits per heavy atom. The van der Waals surface area contributed by atoms with Crippen molar-refractivity contribution in [2.45, 2.75) is 38.2 Å². The van der Waals surface area contributed by atoms with Gasteiger partial charge in [0.1, 0.15) is 17.6 Å². The van der Waals surface area contributed by atoms with Crippen molar-refractivity contribution in [3.63, 3.8) is 0 Å². The second-order valence-corrected chi connectivity index (χ2v) is 8.51. The van der Waals surface area contributed by atoms with Gasteiger partial charge >= 0.3 is 0 Å². The van der Waals surface area contributed by atoms with Gasteiger partial charge in [-0.1, -0.05) is 18.6 Å². The number of hydrogen-bond acceptors (Lipinski definition) is 5. The van der Waals surface area contributed by atoms with E-state index >= 15 is 0 Å². The number of piperidine rings is 1. The summed E-state index contributed by atoms with van der Waals surface area (Å²) in [7, 11) is 4.14. The molecule has 5 heteroatoms. The SMILES string of the molecule is CN(C)CCC(Oc1ccc(C#N)cc1)c1ccc(OCCCN2CCCCC2)cc1. The van der Waals surface area contributed by atoms with Crippen LogP contribution < -0.4 is 9.47 Å². The fourth-order valence-corrected chi connectivity index (χ4v) is 3.88. The minimum absolute atomic E-state index is 0.0523. The Bertz CT molecular complexity index is 806. The zero-order chi connectivity index (χ0) is 21.9. The standard InChI is InChI=1S/C26H35N3O2/c1-28(2)19-15-26(31-25-11-7-22(21-27)8-12-25)23-9-13-24(14-10-23)30-20-6-18-29-16-4-3-5-17-29/h7-14,26H,3-6,15-20H2,1-2H3. The van der Waals surface area contributed by atoms with Gasteiger partial charge in [-0.2, -0.15) is 5.26 Å². The molecule has 1 atom stereocenters. The molecular formula is C26H35N3O2. The summed E-state index contributed by atoms with van der Waals surface area (Å²) in [5.41, 5.74) is 1.77. The summed E-state index contributed by atoms with van der Waals surface area (Å²) in [4.78, 5) is 4.71. The average Bonchev–Trinajstić information content (AvgIpc) is 2.81. The molecule has 0 aromatic heterocycles. The lowest BCUT2D eigenvalue weighted by molar-refractivity contribution is 0.179. The van der Waals surface area contributed by atoms with Crippen LogP contribution in [0.25, 0.3) is 0 Å². The molecule has 5 nitrogen and oxygen atoms in total. The van der Waals surface area contributed by atoms with Crippen LogP contribution in [0.1, 0.15) is 49.3 Å². The summed E-state index contributed by atoms with van der Waals surface area (Å²) < 4.78 is 12.2. The molecule has 0 N–H and O–H groups in total. The van der Waals surface area contributed by atoms with Crippen molar-refractivity contribution in [1.29, 1.82) is 5.26 Å². The quantitative estimate of drug-likeness (QED) is 0.484. The third kappa shape index (κ3) is 7.90. The molecule has 0 saturated carbocycles. The molecule has 1 saturated heterocycles. The minimum atomic E-state index is -0.0523. The molecule has 1 fully saturated rings. The summed E-state index contributed by atoms with van der Waals surface area (Å²) in [6.07, 6.45) is 5.94. The van der Waals surface area contributed by atoms with E-state index in [1.807, 2.05) is 24.3 Å². The van der Waals surface area contributed by atoms with Gasteiger partial charge in [-0.15, -0.1) is 0 Å². The Labute approximate surface area is 187 Å². The van der Waals surface area contributed by atoms with E-state index in [4.69, 9.17) is 14.7 Å². The van der Waals surface area contributed by atoms with Crippen LogP contribution in [0.2, 0.25) is 0 Å². The maximum atomic E-state index is 8.99. The summed E-state index contributed by atoms with van der Waals surface area (Å²) in [6, 6.07) is 17.7. The van der Waals surface area contributed by atoms with Crippen molar-refractivity contribution in [2.24, 2.45) is 0 Å². The van der Waals surface area contributed by atoms with Crippen molar-refractivity contribution in [3.8, 4) is 17.6 Å². The maximum absolute atomic E-state index is 8.99. The van der Waals surface area contributed by atoms with Gasteiger partial charge in [-0.25, -0.2) is 0 Å². The molecular weight excluding hydrogens is 386 g/mol. The van der Waals surface area contributed by atoms with Crippen LogP contribution in [-0.2, 0) is 0 Å². The summed E-state index contributed by atoms with van der Waals surface area (Å²) in [5, 5.41) is 8.99. The number of ether oxygens (including phenoxy) is 2. The Morgan fingerprint density at radius 2 is 1.65 bits per heavy atom.